The summed E-state index contributed by atoms with van der Waals surface area (Å²) in [6.07, 6.45) is 2.19. The van der Waals surface area contributed by atoms with Crippen molar-refractivity contribution < 1.29 is 24.3 Å². The Morgan fingerprint density at radius 1 is 1.07 bits per heavy atom. The summed E-state index contributed by atoms with van der Waals surface area (Å²) in [4.78, 5) is 37.7. The highest BCUT2D eigenvalue weighted by Crippen LogP contribution is 2.45. The summed E-state index contributed by atoms with van der Waals surface area (Å²) in [7, 11) is 0. The molecule has 1 N–H and O–H groups in total. The van der Waals surface area contributed by atoms with Crippen LogP contribution in [-0.2, 0) is 19.1 Å². The fraction of sp³-hybridized carbons (Fsp3) is 0.375. The third kappa shape index (κ3) is 3.21. The Hall–Kier alpha value is -2.99. The van der Waals surface area contributed by atoms with Gasteiger partial charge >= 0.3 is 5.97 Å². The number of amides is 2. The van der Waals surface area contributed by atoms with Gasteiger partial charge < -0.3 is 4.74 Å². The average molecular weight is 407 g/mol. The van der Waals surface area contributed by atoms with E-state index < -0.39 is 23.2 Å². The minimum atomic E-state index is -1.63. The van der Waals surface area contributed by atoms with Crippen LogP contribution in [-0.4, -0.2) is 34.7 Å². The van der Waals surface area contributed by atoms with Crippen LogP contribution in [0.3, 0.4) is 0 Å². The second kappa shape index (κ2) is 8.03. The first kappa shape index (κ1) is 20.3. The van der Waals surface area contributed by atoms with E-state index in [9.17, 15) is 19.6 Å². The molecule has 2 aromatic carbocycles. The molecule has 6 heteroatoms. The molecule has 0 saturated carbocycles. The molecule has 1 heterocycles. The number of fused-ring (bicyclic) bond motifs is 3. The van der Waals surface area contributed by atoms with E-state index in [-0.39, 0.29) is 30.4 Å². The molecule has 1 aliphatic carbocycles. The third-order valence-electron chi connectivity index (χ3n) is 6.23. The first-order valence-electron chi connectivity index (χ1n) is 10.4. The number of nitrogens with zero attached hydrogens (tertiary/aromatic N) is 1. The van der Waals surface area contributed by atoms with Gasteiger partial charge in [-0.3, -0.25) is 19.6 Å². The minimum absolute atomic E-state index is 0.0768. The molecule has 0 radical (unpaired) electrons. The van der Waals surface area contributed by atoms with Gasteiger partial charge in [-0.1, -0.05) is 74.7 Å². The molecule has 2 aliphatic rings. The highest BCUT2D eigenvalue weighted by atomic mass is 16.5. The largest absolute Gasteiger partial charge is 0.464 e. The fourth-order valence-electron chi connectivity index (χ4n) is 4.59. The second-order valence-corrected chi connectivity index (χ2v) is 8.05. The van der Waals surface area contributed by atoms with Crippen LogP contribution in [0.2, 0.25) is 0 Å². The van der Waals surface area contributed by atoms with Crippen molar-refractivity contribution in [3.63, 3.8) is 0 Å². The molecule has 2 aromatic rings. The molecule has 1 aliphatic heterocycles. The number of hydrogen-bond donors (Lipinski definition) is 1. The van der Waals surface area contributed by atoms with Crippen molar-refractivity contribution in [2.24, 2.45) is 5.41 Å². The maximum absolute atomic E-state index is 13.1. The summed E-state index contributed by atoms with van der Waals surface area (Å²) in [5, 5.41) is 9.85. The quantitative estimate of drug-likeness (QED) is 0.246. The van der Waals surface area contributed by atoms with E-state index in [0.717, 1.165) is 35.1 Å². The van der Waals surface area contributed by atoms with Crippen LogP contribution in [0.15, 0.2) is 48.5 Å². The summed E-state index contributed by atoms with van der Waals surface area (Å²) < 4.78 is 5.67. The van der Waals surface area contributed by atoms with Gasteiger partial charge in [0, 0.05) is 5.92 Å². The van der Waals surface area contributed by atoms with Crippen LogP contribution in [0.1, 0.15) is 56.1 Å². The van der Waals surface area contributed by atoms with Crippen molar-refractivity contribution in [3.05, 3.63) is 59.7 Å². The average Bonchev–Trinajstić information content (AvgIpc) is 3.20. The number of imide groups is 1. The van der Waals surface area contributed by atoms with Crippen LogP contribution in [0.4, 0.5) is 0 Å². The zero-order valence-electron chi connectivity index (χ0n) is 17.0. The number of unbranched alkanes of at least 4 members (excludes halogenated alkanes) is 2. The van der Waals surface area contributed by atoms with Gasteiger partial charge in [0.25, 0.3) is 11.8 Å². The summed E-state index contributed by atoms with van der Waals surface area (Å²) >= 11 is 0. The maximum atomic E-state index is 13.1. The standard InChI is InChI=1S/C24H25NO5/c1-2-3-8-13-24(14-21(26)25(29)22(24)27)23(28)30-15-20-18-11-6-4-9-16(18)17-10-5-7-12-19(17)20/h4-7,9-12,20,29H,2-3,8,13-15H2,1H3. The zero-order valence-corrected chi connectivity index (χ0v) is 17.0. The van der Waals surface area contributed by atoms with E-state index in [1.165, 1.54) is 0 Å². The first-order chi connectivity index (χ1) is 14.5. The van der Waals surface area contributed by atoms with Gasteiger partial charge in [-0.25, -0.2) is 0 Å². The molecule has 156 valence electrons. The van der Waals surface area contributed by atoms with Crippen LogP contribution >= 0.6 is 0 Å². The fourth-order valence-corrected chi connectivity index (χ4v) is 4.59. The number of esters is 1. The van der Waals surface area contributed by atoms with E-state index in [0.29, 0.717) is 6.42 Å². The van der Waals surface area contributed by atoms with Gasteiger partial charge in [0.15, 0.2) is 5.41 Å². The Kier molecular flexibility index (Phi) is 5.43. The maximum Gasteiger partial charge on any atom is 0.322 e. The highest BCUT2D eigenvalue weighted by molar-refractivity contribution is 6.15. The summed E-state index contributed by atoms with van der Waals surface area (Å²) in [6, 6.07) is 16.0. The lowest BCUT2D eigenvalue weighted by atomic mass is 9.80. The SMILES string of the molecule is CCCCCC1(C(=O)OCC2c3ccccc3-c3ccccc32)CC(=O)N(O)C1=O. The van der Waals surface area contributed by atoms with Crippen molar-refractivity contribution in [1.29, 1.82) is 0 Å². The van der Waals surface area contributed by atoms with Gasteiger partial charge in [0.05, 0.1) is 6.42 Å². The van der Waals surface area contributed by atoms with Gasteiger partial charge in [-0.05, 0) is 28.7 Å². The van der Waals surface area contributed by atoms with Crippen molar-refractivity contribution in [1.82, 2.24) is 5.06 Å². The monoisotopic (exact) mass is 407 g/mol. The minimum Gasteiger partial charge on any atom is -0.464 e. The van der Waals surface area contributed by atoms with Crippen LogP contribution < -0.4 is 0 Å². The summed E-state index contributed by atoms with van der Waals surface area (Å²) in [6.45, 7) is 2.09. The van der Waals surface area contributed by atoms with Crippen molar-refractivity contribution in [2.45, 2.75) is 44.9 Å². The summed E-state index contributed by atoms with van der Waals surface area (Å²) in [5.74, 6) is -2.49. The summed E-state index contributed by atoms with van der Waals surface area (Å²) in [5.41, 5.74) is 2.74. The molecular weight excluding hydrogens is 382 g/mol. The Labute approximate surface area is 175 Å². The van der Waals surface area contributed by atoms with Crippen LogP contribution in [0.5, 0.6) is 0 Å². The second-order valence-electron chi connectivity index (χ2n) is 8.05. The van der Waals surface area contributed by atoms with Gasteiger partial charge in [-0.2, -0.15) is 5.06 Å². The number of carbonyl (C=O) groups is 3. The predicted molar refractivity (Wildman–Crippen MR) is 110 cm³/mol. The predicted octanol–water partition coefficient (Wildman–Crippen LogP) is 4.06. The van der Waals surface area contributed by atoms with E-state index in [2.05, 4.69) is 0 Å². The molecule has 2 amide bonds. The lowest BCUT2D eigenvalue weighted by Gasteiger charge is -2.25. The Bertz CT molecular complexity index is 955. The molecule has 4 rings (SSSR count). The Balaban J connectivity index is 1.57. The van der Waals surface area contributed by atoms with E-state index in [4.69, 9.17) is 4.74 Å². The smallest absolute Gasteiger partial charge is 0.322 e. The number of rotatable bonds is 7. The molecule has 6 nitrogen and oxygen atoms in total. The Morgan fingerprint density at radius 2 is 1.67 bits per heavy atom. The van der Waals surface area contributed by atoms with Crippen molar-refractivity contribution in [2.75, 3.05) is 6.61 Å². The number of hydrogen-bond acceptors (Lipinski definition) is 5. The normalized spacial score (nSPS) is 20.4. The molecule has 0 bridgehead atoms. The highest BCUT2D eigenvalue weighted by Gasteiger charge is 2.57. The Morgan fingerprint density at radius 3 is 2.20 bits per heavy atom. The molecule has 1 unspecified atom stereocenters. The number of hydroxylamine groups is 2. The van der Waals surface area contributed by atoms with Gasteiger partial charge in [-0.15, -0.1) is 0 Å². The van der Waals surface area contributed by atoms with Crippen molar-refractivity contribution in [3.8, 4) is 11.1 Å². The molecular formula is C24H25NO5. The lowest BCUT2D eigenvalue weighted by molar-refractivity contribution is -0.178. The number of carbonyl (C=O) groups excluding carboxylic acids is 3. The van der Waals surface area contributed by atoms with Crippen molar-refractivity contribution >= 4 is 17.8 Å². The van der Waals surface area contributed by atoms with Crippen LogP contribution in [0, 0.1) is 5.41 Å². The molecule has 1 fully saturated rings. The molecule has 0 aromatic heterocycles. The van der Waals surface area contributed by atoms with Gasteiger partial charge in [0.1, 0.15) is 6.61 Å². The number of benzene rings is 2. The first-order valence-corrected chi connectivity index (χ1v) is 10.4. The molecule has 30 heavy (non-hydrogen) atoms. The number of ether oxygens (including phenoxy) is 1. The van der Waals surface area contributed by atoms with E-state index in [1.54, 1.807) is 0 Å². The third-order valence-corrected chi connectivity index (χ3v) is 6.23. The van der Waals surface area contributed by atoms with Gasteiger partial charge in [0.2, 0.25) is 0 Å². The molecule has 1 atom stereocenters. The van der Waals surface area contributed by atoms with E-state index in [1.807, 2.05) is 55.5 Å². The lowest BCUT2D eigenvalue weighted by Crippen LogP contribution is -2.41. The zero-order chi connectivity index (χ0) is 21.3. The molecule has 0 spiro atoms. The molecule has 1 saturated heterocycles. The van der Waals surface area contributed by atoms with Crippen LogP contribution in [0.25, 0.3) is 11.1 Å². The van der Waals surface area contributed by atoms with E-state index >= 15 is 0 Å². The topological polar surface area (TPSA) is 83.9 Å².